The Kier molecular flexibility index (Phi) is 5.89. The fourth-order valence-electron chi connectivity index (χ4n) is 3.65. The topological polar surface area (TPSA) is 97.0 Å². The van der Waals surface area contributed by atoms with Gasteiger partial charge in [-0.15, -0.1) is 0 Å². The minimum atomic E-state index is -1.24. The van der Waals surface area contributed by atoms with E-state index in [0.29, 0.717) is 18.0 Å². The first-order valence-electron chi connectivity index (χ1n) is 9.91. The predicted molar refractivity (Wildman–Crippen MR) is 112 cm³/mol. The van der Waals surface area contributed by atoms with E-state index in [2.05, 4.69) is 43.4 Å². The van der Waals surface area contributed by atoms with Crippen LogP contribution in [0, 0.1) is 10.1 Å². The summed E-state index contributed by atoms with van der Waals surface area (Å²) in [7, 11) is 1.93. The average molecular weight is 411 g/mol. The number of nitro benzene ring substituents is 1. The lowest BCUT2D eigenvalue weighted by Crippen LogP contribution is -3.09. The fourth-order valence-corrected chi connectivity index (χ4v) is 3.65. The molecule has 3 rings (SSSR count). The molecule has 0 radical (unpaired) electrons. The van der Waals surface area contributed by atoms with Gasteiger partial charge in [0.05, 0.1) is 12.0 Å². The van der Waals surface area contributed by atoms with Crippen LogP contribution in [0.15, 0.2) is 48.5 Å². The maximum Gasteiger partial charge on any atom is 0.329 e. The van der Waals surface area contributed by atoms with Gasteiger partial charge < -0.3 is 10.2 Å². The summed E-state index contributed by atoms with van der Waals surface area (Å²) >= 11 is 0. The van der Waals surface area contributed by atoms with E-state index >= 15 is 0 Å². The minimum absolute atomic E-state index is 0.0661. The molecule has 0 aliphatic carbocycles. The molecule has 2 aromatic rings. The van der Waals surface area contributed by atoms with Crippen molar-refractivity contribution in [3.63, 3.8) is 0 Å². The van der Waals surface area contributed by atoms with Crippen LogP contribution >= 0.6 is 0 Å². The maximum absolute atomic E-state index is 13.1. The zero-order valence-electron chi connectivity index (χ0n) is 17.6. The van der Waals surface area contributed by atoms with Gasteiger partial charge in [0.2, 0.25) is 0 Å². The number of imide groups is 1. The number of hydrogen-bond donors (Lipinski definition) is 2. The Labute approximate surface area is 175 Å². The summed E-state index contributed by atoms with van der Waals surface area (Å²) in [5.74, 6) is 0.100. The SMILES string of the molecule is CC(C)c1ccc(C[NH+](C)CN2C(=O)N[C@@](C)(c3ccc([N+](=O)[O-])cc3)C2=O)cc1. The van der Waals surface area contributed by atoms with Crippen LogP contribution in [0.2, 0.25) is 0 Å². The van der Waals surface area contributed by atoms with Gasteiger partial charge in [0.1, 0.15) is 12.1 Å². The molecule has 0 saturated carbocycles. The van der Waals surface area contributed by atoms with E-state index in [-0.39, 0.29) is 18.3 Å². The standard InChI is InChI=1S/C22H26N4O4/c1-15(2)17-7-5-16(6-8-17)13-24(4)14-25-20(27)22(3,23-21(25)28)18-9-11-19(12-10-18)26(29)30/h5-12,15H,13-14H2,1-4H3,(H,23,28)/p+1/t22-/m0/s1. The third-order valence-electron chi connectivity index (χ3n) is 5.51. The molecular formula is C22H27N4O4+. The summed E-state index contributed by atoms with van der Waals surface area (Å²) in [5, 5.41) is 13.6. The minimum Gasteiger partial charge on any atom is -0.319 e. The van der Waals surface area contributed by atoms with E-state index in [1.54, 1.807) is 6.92 Å². The van der Waals surface area contributed by atoms with Gasteiger partial charge in [-0.2, -0.15) is 0 Å². The average Bonchev–Trinajstić information content (AvgIpc) is 2.92. The van der Waals surface area contributed by atoms with Crippen molar-refractivity contribution in [1.82, 2.24) is 10.2 Å². The van der Waals surface area contributed by atoms with Crippen LogP contribution in [0.1, 0.15) is 43.4 Å². The maximum atomic E-state index is 13.1. The van der Waals surface area contributed by atoms with Crippen molar-refractivity contribution in [1.29, 1.82) is 0 Å². The highest BCUT2D eigenvalue weighted by Gasteiger charge is 2.50. The Morgan fingerprint density at radius 3 is 2.23 bits per heavy atom. The van der Waals surface area contributed by atoms with Gasteiger partial charge in [-0.3, -0.25) is 14.9 Å². The normalized spacial score (nSPS) is 19.8. The van der Waals surface area contributed by atoms with Crippen LogP contribution in [0.5, 0.6) is 0 Å². The Balaban J connectivity index is 1.70. The van der Waals surface area contributed by atoms with Crippen molar-refractivity contribution in [2.45, 2.75) is 38.8 Å². The highest BCUT2D eigenvalue weighted by Crippen LogP contribution is 2.29. The second-order valence-electron chi connectivity index (χ2n) is 8.28. The number of nitrogens with one attached hydrogen (secondary N) is 2. The molecule has 0 aromatic heterocycles. The summed E-state index contributed by atoms with van der Waals surface area (Å²) in [6.07, 6.45) is 0. The molecule has 30 heavy (non-hydrogen) atoms. The Morgan fingerprint density at radius 1 is 1.10 bits per heavy atom. The third kappa shape index (κ3) is 4.18. The van der Waals surface area contributed by atoms with Crippen LogP contribution in [-0.2, 0) is 16.9 Å². The molecule has 0 bridgehead atoms. The first kappa shape index (κ1) is 21.4. The van der Waals surface area contributed by atoms with Crippen LogP contribution < -0.4 is 10.2 Å². The highest BCUT2D eigenvalue weighted by molar-refractivity contribution is 6.07. The second-order valence-corrected chi connectivity index (χ2v) is 8.28. The van der Waals surface area contributed by atoms with Crippen LogP contribution in [-0.4, -0.2) is 35.5 Å². The second kappa shape index (κ2) is 8.23. The number of amides is 3. The summed E-state index contributed by atoms with van der Waals surface area (Å²) in [6, 6.07) is 13.6. The number of rotatable bonds is 7. The summed E-state index contributed by atoms with van der Waals surface area (Å²) in [5.41, 5.74) is 1.59. The zero-order chi connectivity index (χ0) is 22.1. The highest BCUT2D eigenvalue weighted by atomic mass is 16.6. The lowest BCUT2D eigenvalue weighted by molar-refractivity contribution is -0.901. The Hall–Kier alpha value is -3.26. The molecule has 2 aromatic carbocycles. The number of quaternary nitrogens is 1. The Morgan fingerprint density at radius 2 is 1.70 bits per heavy atom. The molecule has 0 spiro atoms. The summed E-state index contributed by atoms with van der Waals surface area (Å²) < 4.78 is 0. The third-order valence-corrected chi connectivity index (χ3v) is 5.51. The first-order chi connectivity index (χ1) is 14.1. The van der Waals surface area contributed by atoms with Gasteiger partial charge in [-0.1, -0.05) is 38.1 Å². The van der Waals surface area contributed by atoms with Crippen molar-refractivity contribution in [3.05, 3.63) is 75.3 Å². The van der Waals surface area contributed by atoms with Crippen LogP contribution in [0.25, 0.3) is 0 Å². The number of non-ortho nitro benzene ring substituents is 1. The van der Waals surface area contributed by atoms with E-state index in [9.17, 15) is 19.7 Å². The van der Waals surface area contributed by atoms with Crippen LogP contribution in [0.3, 0.4) is 0 Å². The van der Waals surface area contributed by atoms with E-state index in [1.165, 1.54) is 34.7 Å². The van der Waals surface area contributed by atoms with Gasteiger partial charge in [-0.05, 0) is 36.1 Å². The number of nitro groups is 1. The molecule has 8 nitrogen and oxygen atoms in total. The lowest BCUT2D eigenvalue weighted by atomic mass is 9.92. The molecule has 2 N–H and O–H groups in total. The molecule has 1 heterocycles. The number of carbonyl (C=O) groups excluding carboxylic acids is 2. The van der Waals surface area contributed by atoms with Crippen molar-refractivity contribution >= 4 is 17.6 Å². The summed E-state index contributed by atoms with van der Waals surface area (Å²) in [6.45, 7) is 6.80. The zero-order valence-corrected chi connectivity index (χ0v) is 17.6. The number of urea groups is 1. The molecule has 3 amide bonds. The first-order valence-corrected chi connectivity index (χ1v) is 9.91. The fraction of sp³-hybridized carbons (Fsp3) is 0.364. The van der Waals surface area contributed by atoms with Crippen molar-refractivity contribution < 1.29 is 19.4 Å². The molecule has 1 aliphatic rings. The Bertz CT molecular complexity index is 956. The van der Waals surface area contributed by atoms with Gasteiger partial charge in [0.25, 0.3) is 11.6 Å². The molecule has 8 heteroatoms. The smallest absolute Gasteiger partial charge is 0.319 e. The number of benzene rings is 2. The van der Waals surface area contributed by atoms with Crippen LogP contribution in [0.4, 0.5) is 10.5 Å². The van der Waals surface area contributed by atoms with Crippen molar-refractivity contribution in [2.75, 3.05) is 13.7 Å². The molecular weight excluding hydrogens is 384 g/mol. The van der Waals surface area contributed by atoms with Gasteiger partial charge in [0, 0.05) is 17.7 Å². The van der Waals surface area contributed by atoms with E-state index < -0.39 is 16.5 Å². The van der Waals surface area contributed by atoms with E-state index in [0.717, 1.165) is 10.5 Å². The molecule has 158 valence electrons. The predicted octanol–water partition coefficient (Wildman–Crippen LogP) is 2.16. The quantitative estimate of drug-likeness (QED) is 0.415. The molecule has 2 atom stereocenters. The number of nitrogens with zero attached hydrogens (tertiary/aromatic N) is 2. The largest absolute Gasteiger partial charge is 0.329 e. The van der Waals surface area contributed by atoms with Gasteiger partial charge >= 0.3 is 6.03 Å². The van der Waals surface area contributed by atoms with Gasteiger partial charge in [0.15, 0.2) is 6.67 Å². The van der Waals surface area contributed by atoms with Gasteiger partial charge in [-0.25, -0.2) is 9.69 Å². The monoisotopic (exact) mass is 411 g/mol. The molecule has 1 fully saturated rings. The van der Waals surface area contributed by atoms with Crippen molar-refractivity contribution in [3.8, 4) is 0 Å². The van der Waals surface area contributed by atoms with Crippen molar-refractivity contribution in [2.24, 2.45) is 0 Å². The number of hydrogen-bond acceptors (Lipinski definition) is 4. The van der Waals surface area contributed by atoms with E-state index in [1.807, 2.05) is 7.05 Å². The van der Waals surface area contributed by atoms with E-state index in [4.69, 9.17) is 0 Å². The molecule has 1 unspecified atom stereocenters. The summed E-state index contributed by atoms with van der Waals surface area (Å²) in [4.78, 5) is 38.1. The number of carbonyl (C=O) groups is 2. The molecule has 1 aliphatic heterocycles. The lowest BCUT2D eigenvalue weighted by Gasteiger charge is -2.23. The molecule has 1 saturated heterocycles.